The van der Waals surface area contributed by atoms with Crippen LogP contribution in [0.4, 0.5) is 0 Å². The molecule has 106 valence electrons. The second-order valence-corrected chi connectivity index (χ2v) is 6.43. The van der Waals surface area contributed by atoms with E-state index in [1.165, 1.54) is 18.4 Å². The zero-order chi connectivity index (χ0) is 14.0. The van der Waals surface area contributed by atoms with Gasteiger partial charge in [0.25, 0.3) is 0 Å². The molecule has 1 heterocycles. The van der Waals surface area contributed by atoms with Gasteiger partial charge in [-0.25, -0.2) is 0 Å². The Bertz CT molecular complexity index is 436. The summed E-state index contributed by atoms with van der Waals surface area (Å²) in [4.78, 5) is 2.42. The van der Waals surface area contributed by atoms with Crippen LogP contribution in [0.3, 0.4) is 0 Å². The lowest BCUT2D eigenvalue weighted by Crippen LogP contribution is -2.46. The molecule has 0 amide bonds. The predicted molar refractivity (Wildman–Crippen MR) is 83.1 cm³/mol. The zero-order valence-electron chi connectivity index (χ0n) is 11.8. The van der Waals surface area contributed by atoms with E-state index in [1.807, 2.05) is 18.2 Å². The van der Waals surface area contributed by atoms with Crippen LogP contribution < -0.4 is 5.32 Å². The van der Waals surface area contributed by atoms with Crippen LogP contribution in [0.2, 0.25) is 10.0 Å². The lowest BCUT2D eigenvalue weighted by molar-refractivity contribution is 0.163. The van der Waals surface area contributed by atoms with Gasteiger partial charge >= 0.3 is 0 Å². The molecule has 1 aliphatic rings. The van der Waals surface area contributed by atoms with E-state index in [-0.39, 0.29) is 0 Å². The highest BCUT2D eigenvalue weighted by Crippen LogP contribution is 2.26. The second-order valence-electron chi connectivity index (χ2n) is 5.61. The van der Waals surface area contributed by atoms with Crippen molar-refractivity contribution >= 4 is 23.2 Å². The maximum Gasteiger partial charge on any atom is 0.0595 e. The van der Waals surface area contributed by atoms with Crippen LogP contribution in [-0.4, -0.2) is 30.6 Å². The minimum absolute atomic E-state index is 0.301. The molecule has 4 heteroatoms. The largest absolute Gasteiger partial charge is 0.307 e. The molecule has 1 aliphatic heterocycles. The molecule has 1 saturated heterocycles. The molecule has 0 bridgehead atoms. The summed E-state index contributed by atoms with van der Waals surface area (Å²) in [6.45, 7) is 5.63. The Kier molecular flexibility index (Phi) is 5.13. The number of piperidine rings is 1. The Hall–Kier alpha value is -0.280. The van der Waals surface area contributed by atoms with Crippen LogP contribution in [0.15, 0.2) is 18.2 Å². The van der Waals surface area contributed by atoms with Crippen molar-refractivity contribution in [2.75, 3.05) is 13.6 Å². The van der Waals surface area contributed by atoms with Crippen LogP contribution >= 0.6 is 23.2 Å². The number of hydrogen-bond acceptors (Lipinski definition) is 2. The second kappa shape index (κ2) is 6.45. The molecule has 1 fully saturated rings. The monoisotopic (exact) mass is 300 g/mol. The van der Waals surface area contributed by atoms with Crippen LogP contribution in [0.1, 0.15) is 38.3 Å². The zero-order valence-corrected chi connectivity index (χ0v) is 13.3. The molecule has 0 saturated carbocycles. The Morgan fingerprint density at radius 2 is 2.05 bits per heavy atom. The summed E-state index contributed by atoms with van der Waals surface area (Å²) in [5, 5.41) is 4.95. The van der Waals surface area contributed by atoms with Crippen LogP contribution in [-0.2, 0) is 0 Å². The van der Waals surface area contributed by atoms with Crippen molar-refractivity contribution in [1.82, 2.24) is 10.2 Å². The van der Waals surface area contributed by atoms with Gasteiger partial charge in [-0.05, 0) is 58.0 Å². The van der Waals surface area contributed by atoms with E-state index in [0.29, 0.717) is 28.2 Å². The molecule has 0 spiro atoms. The summed E-state index contributed by atoms with van der Waals surface area (Å²) in [7, 11) is 2.20. The quantitative estimate of drug-likeness (QED) is 0.903. The van der Waals surface area contributed by atoms with Crippen molar-refractivity contribution in [3.05, 3.63) is 33.8 Å². The van der Waals surface area contributed by atoms with E-state index in [2.05, 4.69) is 31.1 Å². The Morgan fingerprint density at radius 3 is 2.68 bits per heavy atom. The van der Waals surface area contributed by atoms with Gasteiger partial charge in [0, 0.05) is 18.1 Å². The summed E-state index contributed by atoms with van der Waals surface area (Å²) in [5.74, 6) is 0. The first-order valence-corrected chi connectivity index (χ1v) is 7.64. The van der Waals surface area contributed by atoms with Gasteiger partial charge in [-0.3, -0.25) is 0 Å². The lowest BCUT2D eigenvalue weighted by Gasteiger charge is -2.36. The van der Waals surface area contributed by atoms with Gasteiger partial charge in [-0.1, -0.05) is 29.3 Å². The van der Waals surface area contributed by atoms with Crippen molar-refractivity contribution in [2.45, 2.75) is 44.8 Å². The smallest absolute Gasteiger partial charge is 0.0595 e. The number of rotatable bonds is 3. The molecule has 1 aromatic carbocycles. The third-order valence-corrected chi connectivity index (χ3v) is 4.88. The molecular formula is C15H22Cl2N2. The maximum atomic E-state index is 6.08. The summed E-state index contributed by atoms with van der Waals surface area (Å²) < 4.78 is 0. The number of benzene rings is 1. The molecule has 1 N–H and O–H groups in total. The summed E-state index contributed by atoms with van der Waals surface area (Å²) in [6.07, 6.45) is 2.40. The van der Waals surface area contributed by atoms with E-state index in [0.717, 1.165) is 6.54 Å². The van der Waals surface area contributed by atoms with Gasteiger partial charge in [0.2, 0.25) is 0 Å². The molecule has 3 atom stereocenters. The van der Waals surface area contributed by atoms with E-state index >= 15 is 0 Å². The third kappa shape index (κ3) is 3.85. The number of nitrogens with zero attached hydrogens (tertiary/aromatic N) is 1. The molecule has 0 aromatic heterocycles. The molecule has 3 unspecified atom stereocenters. The Labute approximate surface area is 126 Å². The van der Waals surface area contributed by atoms with Crippen LogP contribution in [0.25, 0.3) is 0 Å². The Morgan fingerprint density at radius 1 is 1.32 bits per heavy atom. The first kappa shape index (κ1) is 15.1. The van der Waals surface area contributed by atoms with Crippen molar-refractivity contribution in [3.8, 4) is 0 Å². The fraction of sp³-hybridized carbons (Fsp3) is 0.600. The lowest BCUT2D eigenvalue weighted by atomic mass is 9.97. The minimum Gasteiger partial charge on any atom is -0.307 e. The maximum absolute atomic E-state index is 6.08. The van der Waals surface area contributed by atoms with E-state index < -0.39 is 0 Å². The Balaban J connectivity index is 1.97. The van der Waals surface area contributed by atoms with E-state index in [1.54, 1.807) is 0 Å². The molecule has 2 nitrogen and oxygen atoms in total. The molecule has 0 radical (unpaired) electrons. The average Bonchev–Trinajstić information content (AvgIpc) is 2.37. The summed E-state index contributed by atoms with van der Waals surface area (Å²) in [6, 6.07) is 7.40. The minimum atomic E-state index is 0.301. The third-order valence-electron chi connectivity index (χ3n) is 4.14. The molecular weight excluding hydrogens is 279 g/mol. The first-order chi connectivity index (χ1) is 8.97. The van der Waals surface area contributed by atoms with Gasteiger partial charge in [0.1, 0.15) is 0 Å². The van der Waals surface area contributed by atoms with Crippen LogP contribution in [0, 0.1) is 0 Å². The van der Waals surface area contributed by atoms with E-state index in [4.69, 9.17) is 23.2 Å². The normalized spacial score (nSPS) is 26.4. The molecule has 19 heavy (non-hydrogen) atoms. The van der Waals surface area contributed by atoms with Crippen molar-refractivity contribution in [3.63, 3.8) is 0 Å². The highest BCUT2D eigenvalue weighted by atomic mass is 35.5. The standard InChI is InChI=1S/C15H22Cl2N2/c1-10-8-13(6-7-19(10)3)18-11(2)12-4-5-14(16)15(17)9-12/h4-5,9-11,13,18H,6-8H2,1-3H3. The number of likely N-dealkylation sites (tertiary alicyclic amines) is 1. The van der Waals surface area contributed by atoms with Crippen molar-refractivity contribution in [2.24, 2.45) is 0 Å². The van der Waals surface area contributed by atoms with Gasteiger partial charge in [-0.2, -0.15) is 0 Å². The molecule has 2 rings (SSSR count). The number of halogens is 2. The van der Waals surface area contributed by atoms with Crippen molar-refractivity contribution < 1.29 is 0 Å². The van der Waals surface area contributed by atoms with Gasteiger partial charge in [0.05, 0.1) is 10.0 Å². The average molecular weight is 301 g/mol. The SMILES string of the molecule is CC(NC1CCN(C)C(C)C1)c1ccc(Cl)c(Cl)c1. The highest BCUT2D eigenvalue weighted by Gasteiger charge is 2.23. The first-order valence-electron chi connectivity index (χ1n) is 6.88. The van der Waals surface area contributed by atoms with Gasteiger partial charge < -0.3 is 10.2 Å². The van der Waals surface area contributed by atoms with Crippen LogP contribution in [0.5, 0.6) is 0 Å². The predicted octanol–water partition coefficient (Wildman–Crippen LogP) is 4.13. The topological polar surface area (TPSA) is 15.3 Å². The fourth-order valence-corrected chi connectivity index (χ4v) is 2.98. The summed E-state index contributed by atoms with van der Waals surface area (Å²) in [5.41, 5.74) is 1.20. The number of nitrogens with one attached hydrogen (secondary N) is 1. The fourth-order valence-electron chi connectivity index (χ4n) is 2.67. The van der Waals surface area contributed by atoms with Gasteiger partial charge in [0.15, 0.2) is 0 Å². The molecule has 0 aliphatic carbocycles. The van der Waals surface area contributed by atoms with E-state index in [9.17, 15) is 0 Å². The highest BCUT2D eigenvalue weighted by molar-refractivity contribution is 6.42. The van der Waals surface area contributed by atoms with Crippen molar-refractivity contribution in [1.29, 1.82) is 0 Å². The summed E-state index contributed by atoms with van der Waals surface area (Å²) >= 11 is 12.0. The van der Waals surface area contributed by atoms with Gasteiger partial charge in [-0.15, -0.1) is 0 Å². The molecule has 1 aromatic rings. The number of hydrogen-bond donors (Lipinski definition) is 1.